The minimum absolute atomic E-state index is 0.130. The van der Waals surface area contributed by atoms with E-state index in [2.05, 4.69) is 17.2 Å². The van der Waals surface area contributed by atoms with Crippen LogP contribution < -0.4 is 9.62 Å². The normalized spacial score (nSPS) is 24.9. The molecule has 3 fully saturated rings. The number of aliphatic carboxylic acids is 1. The van der Waals surface area contributed by atoms with Crippen LogP contribution in [0.3, 0.4) is 0 Å². The van der Waals surface area contributed by atoms with Gasteiger partial charge in [0.15, 0.2) is 10.7 Å². The Labute approximate surface area is 219 Å². The fourth-order valence-corrected chi connectivity index (χ4v) is 7.62. The van der Waals surface area contributed by atoms with Crippen LogP contribution in [0.1, 0.15) is 90.4 Å². The number of nitrogens with one attached hydrogen (secondary N) is 1. The van der Waals surface area contributed by atoms with Crippen LogP contribution >= 0.6 is 11.3 Å². The smallest absolute Gasteiger partial charge is 0.330 e. The highest BCUT2D eigenvalue weighted by Crippen LogP contribution is 2.44. The zero-order valence-electron chi connectivity index (χ0n) is 20.9. The number of thiazole rings is 1. The maximum absolute atomic E-state index is 13.6. The van der Waals surface area contributed by atoms with Crippen molar-refractivity contribution in [1.82, 2.24) is 9.88 Å². The molecule has 0 spiro atoms. The third-order valence-electron chi connectivity index (χ3n) is 7.82. The summed E-state index contributed by atoms with van der Waals surface area (Å²) in [6.07, 6.45) is 12.7. The van der Waals surface area contributed by atoms with Gasteiger partial charge in [0, 0.05) is 30.0 Å². The standard InChI is InChI=1S/C24H38N4O6S2/c1-2-15-34-19-11-9-18(10-12-19)27(17-7-4-3-5-8-17)23(31)26-22-25-16-20(35-22)28(36(32)33)24(21(29)30)13-6-14-24/h16-19H,2-15H2,1H3,(H,29,30)(H,32,33)(H,25,26,31)/p-1. The van der Waals surface area contributed by atoms with E-state index in [4.69, 9.17) is 4.74 Å². The molecule has 0 bridgehead atoms. The number of anilines is 2. The number of carbonyl (C=O) groups excluding carboxylic acids is 1. The van der Waals surface area contributed by atoms with Crippen LogP contribution in [0.4, 0.5) is 14.9 Å². The molecule has 0 aromatic carbocycles. The first-order chi connectivity index (χ1) is 17.4. The summed E-state index contributed by atoms with van der Waals surface area (Å²) in [6, 6.07) is 0.0872. The number of amides is 2. The van der Waals surface area contributed by atoms with Gasteiger partial charge in [-0.15, -0.1) is 0 Å². The molecule has 1 aromatic heterocycles. The van der Waals surface area contributed by atoms with Crippen molar-refractivity contribution in [3.05, 3.63) is 6.20 Å². The number of ether oxygens (including phenoxy) is 1. The first kappa shape index (κ1) is 27.3. The van der Waals surface area contributed by atoms with Crippen molar-refractivity contribution in [2.45, 2.75) is 114 Å². The number of nitrogens with zero attached hydrogens (tertiary/aromatic N) is 3. The molecule has 4 rings (SSSR count). The first-order valence-electron chi connectivity index (χ1n) is 13.2. The second-order valence-corrected chi connectivity index (χ2v) is 11.9. The van der Waals surface area contributed by atoms with Crippen molar-refractivity contribution < 1.29 is 28.2 Å². The van der Waals surface area contributed by atoms with Crippen molar-refractivity contribution in [3.8, 4) is 0 Å². The number of carboxylic acids is 1. The van der Waals surface area contributed by atoms with Gasteiger partial charge < -0.3 is 19.3 Å². The van der Waals surface area contributed by atoms with Crippen LogP contribution in [0.25, 0.3) is 0 Å². The highest BCUT2D eigenvalue weighted by Gasteiger charge is 2.51. The number of aromatic nitrogens is 1. The van der Waals surface area contributed by atoms with Gasteiger partial charge in [-0.1, -0.05) is 37.5 Å². The molecule has 1 aromatic rings. The van der Waals surface area contributed by atoms with Crippen molar-refractivity contribution in [3.63, 3.8) is 0 Å². The Kier molecular flexibility index (Phi) is 9.24. The number of hydrogen-bond donors (Lipinski definition) is 2. The van der Waals surface area contributed by atoms with Gasteiger partial charge in [0.1, 0.15) is 5.00 Å². The topological polar surface area (TPSA) is 135 Å². The Balaban J connectivity index is 1.47. The highest BCUT2D eigenvalue weighted by molar-refractivity contribution is 7.81. The van der Waals surface area contributed by atoms with Gasteiger partial charge in [-0.05, 0) is 64.2 Å². The van der Waals surface area contributed by atoms with E-state index in [0.717, 1.165) is 80.0 Å². The molecule has 0 radical (unpaired) electrons. The second kappa shape index (κ2) is 12.2. The average molecular weight is 542 g/mol. The van der Waals surface area contributed by atoms with Gasteiger partial charge in [-0.2, -0.15) is 0 Å². The number of rotatable bonds is 10. The lowest BCUT2D eigenvalue weighted by atomic mass is 9.77. The molecule has 0 saturated heterocycles. The van der Waals surface area contributed by atoms with Crippen LogP contribution in [-0.4, -0.2) is 66.1 Å². The number of carbonyl (C=O) groups is 2. The largest absolute Gasteiger partial charge is 0.755 e. The Morgan fingerprint density at radius 2 is 1.83 bits per heavy atom. The molecule has 36 heavy (non-hydrogen) atoms. The van der Waals surface area contributed by atoms with Crippen LogP contribution in [0.5, 0.6) is 0 Å². The van der Waals surface area contributed by atoms with E-state index >= 15 is 0 Å². The average Bonchev–Trinajstić information content (AvgIpc) is 3.28. The molecule has 2 N–H and O–H groups in total. The summed E-state index contributed by atoms with van der Waals surface area (Å²) in [7, 11) is 0. The molecule has 1 heterocycles. The van der Waals surface area contributed by atoms with Crippen LogP contribution in [0.2, 0.25) is 0 Å². The molecule has 12 heteroatoms. The maximum Gasteiger partial charge on any atom is 0.330 e. The Morgan fingerprint density at radius 3 is 2.39 bits per heavy atom. The molecule has 3 aliphatic carbocycles. The van der Waals surface area contributed by atoms with E-state index in [1.807, 2.05) is 4.90 Å². The summed E-state index contributed by atoms with van der Waals surface area (Å²) in [5, 5.41) is 13.1. The molecule has 2 amide bonds. The first-order valence-corrected chi connectivity index (χ1v) is 15.0. The monoisotopic (exact) mass is 541 g/mol. The van der Waals surface area contributed by atoms with Crippen LogP contribution in [-0.2, 0) is 20.8 Å². The van der Waals surface area contributed by atoms with E-state index in [1.165, 1.54) is 12.6 Å². The van der Waals surface area contributed by atoms with Gasteiger partial charge in [0.2, 0.25) is 0 Å². The summed E-state index contributed by atoms with van der Waals surface area (Å²) in [6.45, 7) is 2.87. The van der Waals surface area contributed by atoms with Gasteiger partial charge in [0.05, 0.1) is 12.3 Å². The molecule has 1 unspecified atom stereocenters. The van der Waals surface area contributed by atoms with Crippen molar-refractivity contribution in [2.24, 2.45) is 0 Å². The van der Waals surface area contributed by atoms with E-state index < -0.39 is 22.8 Å². The lowest BCUT2D eigenvalue weighted by molar-refractivity contribution is -0.146. The zero-order chi connectivity index (χ0) is 25.7. The minimum Gasteiger partial charge on any atom is -0.755 e. The molecular formula is C24H37N4O6S2-. The highest BCUT2D eigenvalue weighted by atomic mass is 32.2. The quantitative estimate of drug-likeness (QED) is 0.411. The van der Waals surface area contributed by atoms with Crippen LogP contribution in [0.15, 0.2) is 6.20 Å². The van der Waals surface area contributed by atoms with E-state index in [0.29, 0.717) is 6.42 Å². The number of carboxylic acid groups (broad SMARTS) is 1. The van der Waals surface area contributed by atoms with Gasteiger partial charge in [-0.25, -0.2) is 14.6 Å². The Bertz CT molecular complexity index is 925. The zero-order valence-corrected chi connectivity index (χ0v) is 22.5. The fraction of sp³-hybridized carbons (Fsp3) is 0.792. The lowest BCUT2D eigenvalue weighted by Crippen LogP contribution is -2.60. The number of urea groups is 1. The van der Waals surface area contributed by atoms with Gasteiger partial charge in [-0.3, -0.25) is 13.8 Å². The second-order valence-electron chi connectivity index (χ2n) is 10.1. The SMILES string of the molecule is CCCOC1CCC(N(C(=O)Nc2ncc(N(S(=O)[O-])C3(C(=O)O)CCC3)s2)C2CCCCC2)CC1. The predicted molar refractivity (Wildman–Crippen MR) is 138 cm³/mol. The molecule has 202 valence electrons. The Hall–Kier alpha value is -1.76. The predicted octanol–water partition coefficient (Wildman–Crippen LogP) is 4.66. The molecule has 1 atom stereocenters. The molecule has 3 saturated carbocycles. The van der Waals surface area contributed by atoms with Gasteiger partial charge in [0.25, 0.3) is 0 Å². The molecule has 0 aliphatic heterocycles. The molecule has 3 aliphatic rings. The van der Waals surface area contributed by atoms with E-state index in [9.17, 15) is 23.5 Å². The molecular weight excluding hydrogens is 504 g/mol. The molecule has 10 nitrogen and oxygen atoms in total. The fourth-order valence-electron chi connectivity index (χ4n) is 5.78. The van der Waals surface area contributed by atoms with Crippen LogP contribution in [0, 0.1) is 0 Å². The van der Waals surface area contributed by atoms with E-state index in [-0.39, 0.29) is 47.2 Å². The Morgan fingerprint density at radius 1 is 1.17 bits per heavy atom. The maximum atomic E-state index is 13.6. The van der Waals surface area contributed by atoms with Crippen molar-refractivity contribution in [2.75, 3.05) is 16.2 Å². The van der Waals surface area contributed by atoms with E-state index in [1.54, 1.807) is 0 Å². The van der Waals surface area contributed by atoms with Crippen molar-refractivity contribution in [1.29, 1.82) is 0 Å². The number of hydrogen-bond acceptors (Lipinski definition) is 7. The third kappa shape index (κ3) is 5.87. The lowest BCUT2D eigenvalue weighted by Gasteiger charge is -2.47. The summed E-state index contributed by atoms with van der Waals surface area (Å²) >= 11 is -1.79. The summed E-state index contributed by atoms with van der Waals surface area (Å²) in [5.41, 5.74) is -1.48. The van der Waals surface area contributed by atoms with Gasteiger partial charge >= 0.3 is 12.0 Å². The van der Waals surface area contributed by atoms with Crippen molar-refractivity contribution >= 4 is 44.7 Å². The minimum atomic E-state index is -2.78. The summed E-state index contributed by atoms with van der Waals surface area (Å²) in [4.78, 5) is 31.7. The summed E-state index contributed by atoms with van der Waals surface area (Å²) in [5.74, 6) is -1.17. The third-order valence-corrected chi connectivity index (χ3v) is 9.68. The summed E-state index contributed by atoms with van der Waals surface area (Å²) < 4.78 is 30.9.